The second-order valence-corrected chi connectivity index (χ2v) is 7.28. The van der Waals surface area contributed by atoms with Crippen LogP contribution in [0.15, 0.2) is 30.3 Å². The fourth-order valence-corrected chi connectivity index (χ4v) is 3.34. The number of aliphatic carboxylic acids is 1. The summed E-state index contributed by atoms with van der Waals surface area (Å²) in [4.78, 5) is 43.9. The molecule has 0 saturated carbocycles. The molecule has 2 atom stereocenters. The van der Waals surface area contributed by atoms with Crippen molar-refractivity contribution in [2.24, 2.45) is 5.92 Å². The van der Waals surface area contributed by atoms with Gasteiger partial charge in [-0.15, -0.1) is 0 Å². The number of rotatable bonds is 8. The van der Waals surface area contributed by atoms with Crippen molar-refractivity contribution in [2.75, 3.05) is 6.54 Å². The molecule has 1 fully saturated rings. The molecule has 0 aromatic heterocycles. The summed E-state index contributed by atoms with van der Waals surface area (Å²) in [5.41, 5.74) is 0.879. The molecule has 2 amide bonds. The lowest BCUT2D eigenvalue weighted by atomic mass is 10.0. The summed E-state index contributed by atoms with van der Waals surface area (Å²) in [7, 11) is 0. The Bertz CT molecular complexity index is 662. The summed E-state index contributed by atoms with van der Waals surface area (Å²) >= 11 is 0. The monoisotopic (exact) mass is 376 g/mol. The summed E-state index contributed by atoms with van der Waals surface area (Å²) in [6.07, 6.45) is 1.47. The zero-order chi connectivity index (χ0) is 20.0. The van der Waals surface area contributed by atoms with Crippen molar-refractivity contribution in [2.45, 2.75) is 58.7 Å². The molecular formula is C20H28N2O5. The van der Waals surface area contributed by atoms with Gasteiger partial charge >= 0.3 is 5.97 Å². The minimum absolute atomic E-state index is 0.131. The molecule has 0 radical (unpaired) electrons. The third-order valence-corrected chi connectivity index (χ3v) is 4.61. The molecular weight excluding hydrogens is 348 g/mol. The molecule has 1 N–H and O–H groups in total. The average Bonchev–Trinajstić information content (AvgIpc) is 3.10. The van der Waals surface area contributed by atoms with Crippen LogP contribution in [-0.2, 0) is 25.8 Å². The quantitative estimate of drug-likeness (QED) is 0.704. The van der Waals surface area contributed by atoms with Crippen molar-refractivity contribution in [3.8, 4) is 0 Å². The number of benzene rings is 1. The molecule has 1 aliphatic heterocycles. The molecule has 1 aromatic rings. The molecule has 0 aliphatic carbocycles. The van der Waals surface area contributed by atoms with Crippen LogP contribution < -0.4 is 0 Å². The Morgan fingerprint density at radius 3 is 2.48 bits per heavy atom. The Balaban J connectivity index is 2.20. The molecule has 7 nitrogen and oxygen atoms in total. The van der Waals surface area contributed by atoms with Crippen LogP contribution in [0, 0.1) is 5.92 Å². The lowest BCUT2D eigenvalue weighted by Gasteiger charge is -2.34. The smallest absolute Gasteiger partial charge is 0.326 e. The molecule has 0 unspecified atom stereocenters. The van der Waals surface area contributed by atoms with E-state index >= 15 is 0 Å². The third kappa shape index (κ3) is 5.53. The van der Waals surface area contributed by atoms with E-state index in [2.05, 4.69) is 0 Å². The highest BCUT2D eigenvalue weighted by Gasteiger charge is 2.40. The van der Waals surface area contributed by atoms with Crippen LogP contribution in [0.25, 0.3) is 0 Å². The first kappa shape index (κ1) is 20.9. The summed E-state index contributed by atoms with van der Waals surface area (Å²) < 4.78 is 0. The SMILES string of the molecule is CC(=O)N(OCc1ccccc1)[C@@H](CC(C)C)C(=O)N1CCC[C@H]1C(=O)O. The van der Waals surface area contributed by atoms with Crippen LogP contribution in [0.3, 0.4) is 0 Å². The summed E-state index contributed by atoms with van der Waals surface area (Å²) in [5.74, 6) is -1.62. The van der Waals surface area contributed by atoms with Gasteiger partial charge < -0.3 is 10.0 Å². The van der Waals surface area contributed by atoms with Gasteiger partial charge in [-0.1, -0.05) is 44.2 Å². The first-order chi connectivity index (χ1) is 12.8. The number of hydroxylamine groups is 2. The van der Waals surface area contributed by atoms with Gasteiger partial charge in [0.15, 0.2) is 0 Å². The molecule has 1 heterocycles. The maximum Gasteiger partial charge on any atom is 0.326 e. The van der Waals surface area contributed by atoms with Gasteiger partial charge in [0, 0.05) is 13.5 Å². The molecule has 148 valence electrons. The Hall–Kier alpha value is -2.41. The highest BCUT2D eigenvalue weighted by molar-refractivity contribution is 5.90. The predicted molar refractivity (Wildman–Crippen MR) is 99.4 cm³/mol. The van der Waals surface area contributed by atoms with Gasteiger partial charge in [-0.3, -0.25) is 14.4 Å². The van der Waals surface area contributed by atoms with Crippen LogP contribution in [-0.4, -0.2) is 51.5 Å². The van der Waals surface area contributed by atoms with Crippen LogP contribution in [0.5, 0.6) is 0 Å². The Morgan fingerprint density at radius 2 is 1.93 bits per heavy atom. The molecule has 27 heavy (non-hydrogen) atoms. The topological polar surface area (TPSA) is 87.2 Å². The lowest BCUT2D eigenvalue weighted by Crippen LogP contribution is -2.53. The van der Waals surface area contributed by atoms with Gasteiger partial charge in [0.05, 0.1) is 0 Å². The number of nitrogens with zero attached hydrogens (tertiary/aromatic N) is 2. The first-order valence-electron chi connectivity index (χ1n) is 9.31. The van der Waals surface area contributed by atoms with E-state index in [4.69, 9.17) is 4.84 Å². The minimum Gasteiger partial charge on any atom is -0.480 e. The number of hydrogen-bond donors (Lipinski definition) is 1. The van der Waals surface area contributed by atoms with E-state index in [1.807, 2.05) is 44.2 Å². The summed E-state index contributed by atoms with van der Waals surface area (Å²) in [6.45, 7) is 5.80. The second kappa shape index (κ2) is 9.50. The highest BCUT2D eigenvalue weighted by Crippen LogP contribution is 2.23. The molecule has 0 bridgehead atoms. The van der Waals surface area contributed by atoms with E-state index in [1.165, 1.54) is 11.8 Å². The Kier molecular flexibility index (Phi) is 7.36. The molecule has 1 aromatic carbocycles. The van der Waals surface area contributed by atoms with Gasteiger partial charge in [0.1, 0.15) is 18.7 Å². The van der Waals surface area contributed by atoms with Crippen molar-refractivity contribution < 1.29 is 24.3 Å². The van der Waals surface area contributed by atoms with Crippen LogP contribution in [0.4, 0.5) is 0 Å². The standard InChI is InChI=1S/C20H28N2O5/c1-14(2)12-18(19(24)21-11-7-10-17(21)20(25)26)22(15(3)23)27-13-16-8-5-4-6-9-16/h4-6,8-9,14,17-18H,7,10-13H2,1-3H3,(H,25,26)/t17-,18-/m0/s1. The van der Waals surface area contributed by atoms with E-state index < -0.39 is 18.1 Å². The van der Waals surface area contributed by atoms with E-state index in [0.29, 0.717) is 25.8 Å². The molecule has 0 spiro atoms. The van der Waals surface area contributed by atoms with Gasteiger partial charge in [0.2, 0.25) is 11.8 Å². The Morgan fingerprint density at radius 1 is 1.26 bits per heavy atom. The van der Waals surface area contributed by atoms with E-state index in [-0.39, 0.29) is 24.3 Å². The highest BCUT2D eigenvalue weighted by atomic mass is 16.7. The van der Waals surface area contributed by atoms with Gasteiger partial charge in [-0.05, 0) is 30.7 Å². The fraction of sp³-hybridized carbons (Fsp3) is 0.550. The van der Waals surface area contributed by atoms with Crippen molar-refractivity contribution >= 4 is 17.8 Å². The van der Waals surface area contributed by atoms with Crippen molar-refractivity contribution in [3.05, 3.63) is 35.9 Å². The number of hydrogen-bond acceptors (Lipinski definition) is 4. The van der Waals surface area contributed by atoms with E-state index in [0.717, 1.165) is 10.6 Å². The van der Waals surface area contributed by atoms with Crippen molar-refractivity contribution in [3.63, 3.8) is 0 Å². The first-order valence-corrected chi connectivity index (χ1v) is 9.31. The zero-order valence-electron chi connectivity index (χ0n) is 16.1. The van der Waals surface area contributed by atoms with Crippen LogP contribution in [0.2, 0.25) is 0 Å². The Labute approximate surface area is 159 Å². The van der Waals surface area contributed by atoms with Gasteiger partial charge in [-0.25, -0.2) is 9.86 Å². The second-order valence-electron chi connectivity index (χ2n) is 7.28. The number of carbonyl (C=O) groups is 3. The van der Waals surface area contributed by atoms with Crippen molar-refractivity contribution in [1.29, 1.82) is 0 Å². The van der Waals surface area contributed by atoms with Crippen molar-refractivity contribution in [1.82, 2.24) is 9.96 Å². The lowest BCUT2D eigenvalue weighted by molar-refractivity contribution is -0.209. The maximum atomic E-state index is 13.1. The molecule has 2 rings (SSSR count). The molecule has 7 heteroatoms. The van der Waals surface area contributed by atoms with Gasteiger partial charge in [0.25, 0.3) is 0 Å². The predicted octanol–water partition coefficient (Wildman–Crippen LogP) is 2.46. The number of likely N-dealkylation sites (tertiary alicyclic amines) is 1. The van der Waals surface area contributed by atoms with E-state index in [1.54, 1.807) is 0 Å². The number of carboxylic acids is 1. The summed E-state index contributed by atoms with van der Waals surface area (Å²) in [5, 5.41) is 10.5. The maximum absolute atomic E-state index is 13.1. The molecule has 1 aliphatic rings. The third-order valence-electron chi connectivity index (χ3n) is 4.61. The minimum atomic E-state index is -1.01. The van der Waals surface area contributed by atoms with Crippen LogP contribution >= 0.6 is 0 Å². The summed E-state index contributed by atoms with van der Waals surface area (Å²) in [6, 6.07) is 7.69. The fourth-order valence-electron chi connectivity index (χ4n) is 3.34. The van der Waals surface area contributed by atoms with Gasteiger partial charge in [-0.2, -0.15) is 0 Å². The largest absolute Gasteiger partial charge is 0.480 e. The number of carbonyl (C=O) groups excluding carboxylic acids is 2. The normalized spacial score (nSPS) is 17.8. The average molecular weight is 376 g/mol. The van der Waals surface area contributed by atoms with Crippen LogP contribution in [0.1, 0.15) is 45.6 Å². The number of carboxylic acid groups (broad SMARTS) is 1. The number of amides is 2. The molecule has 1 saturated heterocycles. The van der Waals surface area contributed by atoms with E-state index in [9.17, 15) is 19.5 Å². The zero-order valence-corrected chi connectivity index (χ0v) is 16.1.